The number of rotatable bonds is 11. The first-order chi connectivity index (χ1) is 17.9. The van der Waals surface area contributed by atoms with E-state index < -0.39 is 56.0 Å². The molecule has 0 unspecified atom stereocenters. The molecule has 1 heterocycles. The molecule has 0 bridgehead atoms. The molecule has 0 aliphatic rings. The monoisotopic (exact) mass is 632 g/mol. The number of benzene rings is 1. The molecule has 0 spiro atoms. The standard InChI is InChI=1S/C23H29Cl2F3N4O5S2/c1-6-14(23(26,27)28)31-39(36,37)13-10-9-12(15(24)16(13)25)18-17(21(34)32(7-2)8-3)30-20(38-18)19(33)29-11-22(4,5)35/h9-10,14,31,35H,6-8,11H2,1-5H3,(H,29,33)/t14-/m0/s1. The lowest BCUT2D eigenvalue weighted by atomic mass is 10.1. The van der Waals surface area contributed by atoms with Gasteiger partial charge in [-0.25, -0.2) is 13.4 Å². The number of nitrogens with zero attached hydrogens (tertiary/aromatic N) is 2. The Labute approximate surface area is 238 Å². The lowest BCUT2D eigenvalue weighted by Gasteiger charge is -2.21. The number of thiazole rings is 1. The molecule has 1 aromatic heterocycles. The number of aromatic nitrogens is 1. The normalized spacial score (nSPS) is 13.3. The third-order valence-electron chi connectivity index (χ3n) is 5.44. The highest BCUT2D eigenvalue weighted by molar-refractivity contribution is 7.89. The molecule has 0 radical (unpaired) electrons. The molecule has 3 N–H and O–H groups in total. The van der Waals surface area contributed by atoms with Crippen LogP contribution in [0.5, 0.6) is 0 Å². The van der Waals surface area contributed by atoms with Crippen molar-refractivity contribution in [3.63, 3.8) is 0 Å². The van der Waals surface area contributed by atoms with Crippen LogP contribution in [0, 0.1) is 0 Å². The summed E-state index contributed by atoms with van der Waals surface area (Å²) < 4.78 is 66.7. The fraction of sp³-hybridized carbons (Fsp3) is 0.522. The van der Waals surface area contributed by atoms with Gasteiger partial charge < -0.3 is 15.3 Å². The van der Waals surface area contributed by atoms with E-state index in [0.717, 1.165) is 17.4 Å². The van der Waals surface area contributed by atoms with Crippen molar-refractivity contribution >= 4 is 56.4 Å². The van der Waals surface area contributed by atoms with Crippen LogP contribution in [0.1, 0.15) is 61.3 Å². The molecule has 39 heavy (non-hydrogen) atoms. The molecular weight excluding hydrogens is 604 g/mol. The van der Waals surface area contributed by atoms with Crippen LogP contribution in [0.25, 0.3) is 10.4 Å². The first-order valence-electron chi connectivity index (χ1n) is 11.8. The van der Waals surface area contributed by atoms with Crippen LogP contribution in [-0.2, 0) is 10.0 Å². The number of amides is 2. The Hall–Kier alpha value is -1.97. The molecule has 9 nitrogen and oxygen atoms in total. The van der Waals surface area contributed by atoms with Gasteiger partial charge in [-0.1, -0.05) is 36.2 Å². The van der Waals surface area contributed by atoms with Crippen molar-refractivity contribution < 1.29 is 36.3 Å². The summed E-state index contributed by atoms with van der Waals surface area (Å²) in [4.78, 5) is 31.0. The lowest BCUT2D eigenvalue weighted by Crippen LogP contribution is -2.44. The minimum atomic E-state index is -4.83. The van der Waals surface area contributed by atoms with Crippen LogP contribution >= 0.6 is 34.5 Å². The van der Waals surface area contributed by atoms with Gasteiger partial charge in [0.25, 0.3) is 11.8 Å². The third kappa shape index (κ3) is 8.04. The van der Waals surface area contributed by atoms with Crippen LogP contribution in [0.3, 0.4) is 0 Å². The van der Waals surface area contributed by atoms with Crippen molar-refractivity contribution in [2.45, 2.75) is 63.8 Å². The molecule has 1 atom stereocenters. The van der Waals surface area contributed by atoms with E-state index >= 15 is 0 Å². The van der Waals surface area contributed by atoms with E-state index in [1.54, 1.807) is 18.6 Å². The summed E-state index contributed by atoms with van der Waals surface area (Å²) in [6, 6.07) is -0.196. The highest BCUT2D eigenvalue weighted by atomic mass is 35.5. The van der Waals surface area contributed by atoms with Gasteiger partial charge in [-0.2, -0.15) is 17.9 Å². The van der Waals surface area contributed by atoms with E-state index in [-0.39, 0.29) is 32.7 Å². The fourth-order valence-electron chi connectivity index (χ4n) is 3.32. The number of carbonyl (C=O) groups excluding carboxylic acids is 2. The second-order valence-electron chi connectivity index (χ2n) is 9.03. The summed E-state index contributed by atoms with van der Waals surface area (Å²) in [5.74, 6) is -1.21. The average molecular weight is 634 g/mol. The highest BCUT2D eigenvalue weighted by Gasteiger charge is 2.41. The third-order valence-corrected chi connectivity index (χ3v) is 9.03. The number of hydrogen-bond donors (Lipinski definition) is 3. The summed E-state index contributed by atoms with van der Waals surface area (Å²) in [7, 11) is -4.75. The van der Waals surface area contributed by atoms with Gasteiger partial charge >= 0.3 is 6.18 Å². The first kappa shape index (κ1) is 33.2. The molecule has 218 valence electrons. The molecule has 16 heteroatoms. The zero-order valence-electron chi connectivity index (χ0n) is 21.7. The average Bonchev–Trinajstić information content (AvgIpc) is 3.27. The Morgan fingerprint density at radius 1 is 1.13 bits per heavy atom. The van der Waals surface area contributed by atoms with Gasteiger partial charge in [-0.15, -0.1) is 11.3 Å². The molecule has 0 aliphatic heterocycles. The largest absolute Gasteiger partial charge is 0.404 e. The van der Waals surface area contributed by atoms with E-state index in [4.69, 9.17) is 23.2 Å². The lowest BCUT2D eigenvalue weighted by molar-refractivity contribution is -0.151. The fourth-order valence-corrected chi connectivity index (χ4v) is 6.56. The minimum Gasteiger partial charge on any atom is -0.389 e. The van der Waals surface area contributed by atoms with Crippen LogP contribution in [0.15, 0.2) is 17.0 Å². The molecular formula is C23H29Cl2F3N4O5S2. The predicted octanol–water partition coefficient (Wildman–Crippen LogP) is 4.72. The van der Waals surface area contributed by atoms with Gasteiger partial charge in [-0.3, -0.25) is 9.59 Å². The van der Waals surface area contributed by atoms with E-state index in [9.17, 15) is 36.3 Å². The molecule has 0 fully saturated rings. The number of nitrogens with one attached hydrogen (secondary N) is 2. The van der Waals surface area contributed by atoms with Gasteiger partial charge in [-0.05, 0) is 40.2 Å². The minimum absolute atomic E-state index is 0.0537. The molecule has 0 saturated heterocycles. The zero-order chi connectivity index (χ0) is 29.9. The van der Waals surface area contributed by atoms with Gasteiger partial charge in [0.1, 0.15) is 16.6 Å². The second kappa shape index (κ2) is 12.7. The number of sulfonamides is 1. The summed E-state index contributed by atoms with van der Waals surface area (Å²) in [5.41, 5.74) is -1.31. The Morgan fingerprint density at radius 2 is 1.72 bits per heavy atom. The number of hydrogen-bond acceptors (Lipinski definition) is 7. The number of halogens is 5. The van der Waals surface area contributed by atoms with Gasteiger partial charge in [0, 0.05) is 25.2 Å². The van der Waals surface area contributed by atoms with Crippen LogP contribution in [0.4, 0.5) is 13.2 Å². The van der Waals surface area contributed by atoms with Crippen molar-refractivity contribution in [2.24, 2.45) is 0 Å². The SMILES string of the molecule is CC[C@H](NS(=O)(=O)c1ccc(-c2sc(C(=O)NCC(C)(C)O)nc2C(=O)N(CC)CC)c(Cl)c1Cl)C(F)(F)F. The highest BCUT2D eigenvalue weighted by Crippen LogP contribution is 2.42. The van der Waals surface area contributed by atoms with E-state index in [2.05, 4.69) is 10.3 Å². The van der Waals surface area contributed by atoms with E-state index in [1.807, 2.05) is 0 Å². The van der Waals surface area contributed by atoms with Crippen molar-refractivity contribution in [3.8, 4) is 10.4 Å². The Balaban J connectivity index is 2.64. The Bertz CT molecular complexity index is 1320. The second-order valence-corrected chi connectivity index (χ2v) is 12.5. The number of alkyl halides is 3. The van der Waals surface area contributed by atoms with Gasteiger partial charge in [0.05, 0.1) is 20.5 Å². The quantitative estimate of drug-likeness (QED) is 0.329. The maximum atomic E-state index is 13.2. The van der Waals surface area contributed by atoms with Crippen LogP contribution < -0.4 is 10.0 Å². The van der Waals surface area contributed by atoms with Crippen LogP contribution in [0.2, 0.25) is 10.0 Å². The maximum Gasteiger partial charge on any atom is 0.404 e. The number of aliphatic hydroxyl groups is 1. The van der Waals surface area contributed by atoms with E-state index in [0.29, 0.717) is 13.1 Å². The van der Waals surface area contributed by atoms with Crippen molar-refractivity contribution in [3.05, 3.63) is 32.9 Å². The van der Waals surface area contributed by atoms with Crippen molar-refractivity contribution in [1.29, 1.82) is 0 Å². The zero-order valence-corrected chi connectivity index (χ0v) is 24.9. The Kier molecular flexibility index (Phi) is 10.8. The van der Waals surface area contributed by atoms with E-state index in [1.165, 1.54) is 31.7 Å². The molecule has 2 aromatic rings. The predicted molar refractivity (Wildman–Crippen MR) is 144 cm³/mol. The summed E-state index contributed by atoms with van der Waals surface area (Å²) in [6.45, 7) is 8.16. The van der Waals surface area contributed by atoms with Gasteiger partial charge in [0.2, 0.25) is 10.0 Å². The molecule has 2 amide bonds. The maximum absolute atomic E-state index is 13.2. The molecule has 2 rings (SSSR count). The molecule has 0 saturated carbocycles. The smallest absolute Gasteiger partial charge is 0.389 e. The van der Waals surface area contributed by atoms with Gasteiger partial charge in [0.15, 0.2) is 5.01 Å². The molecule has 1 aromatic carbocycles. The Morgan fingerprint density at radius 3 is 2.21 bits per heavy atom. The number of carbonyl (C=O) groups is 2. The van der Waals surface area contributed by atoms with Crippen molar-refractivity contribution in [2.75, 3.05) is 19.6 Å². The summed E-state index contributed by atoms with van der Waals surface area (Å²) >= 11 is 13.4. The first-order valence-corrected chi connectivity index (χ1v) is 14.8. The topological polar surface area (TPSA) is 129 Å². The van der Waals surface area contributed by atoms with Crippen LogP contribution in [-0.4, -0.2) is 72.7 Å². The summed E-state index contributed by atoms with van der Waals surface area (Å²) in [6.07, 6.45) is -5.38. The van der Waals surface area contributed by atoms with Crippen molar-refractivity contribution in [1.82, 2.24) is 19.9 Å². The summed E-state index contributed by atoms with van der Waals surface area (Å²) in [5, 5.41) is 11.4. The molecule has 0 aliphatic carbocycles.